The lowest BCUT2D eigenvalue weighted by atomic mass is 9.91. The van der Waals surface area contributed by atoms with E-state index in [1.807, 2.05) is 48.5 Å². The minimum absolute atomic E-state index is 0.0682. The molecule has 0 fully saturated rings. The molecule has 0 saturated heterocycles. The highest BCUT2D eigenvalue weighted by molar-refractivity contribution is 6.05. The monoisotopic (exact) mass is 444 g/mol. The van der Waals surface area contributed by atoms with E-state index in [-0.39, 0.29) is 5.56 Å². The Kier molecular flexibility index (Phi) is 5.75. The Morgan fingerprint density at radius 2 is 1.26 bits per heavy atom. The van der Waals surface area contributed by atoms with E-state index in [2.05, 4.69) is 48.5 Å². The van der Waals surface area contributed by atoms with Gasteiger partial charge in [0.25, 0.3) is 0 Å². The first-order valence-corrected chi connectivity index (χ1v) is 11.0. The number of carbonyl (C=O) groups is 1. The van der Waals surface area contributed by atoms with E-state index in [1.54, 1.807) is 6.08 Å². The van der Waals surface area contributed by atoms with Gasteiger partial charge in [0.1, 0.15) is 5.82 Å². The lowest BCUT2D eigenvalue weighted by Crippen LogP contribution is -1.97. The van der Waals surface area contributed by atoms with Crippen molar-refractivity contribution in [2.24, 2.45) is 0 Å². The molecule has 0 unspecified atom stereocenters. The van der Waals surface area contributed by atoms with Crippen molar-refractivity contribution in [1.82, 2.24) is 0 Å². The number of halogens is 1. The number of hydrogen-bond acceptors (Lipinski definition) is 1. The molecule has 34 heavy (non-hydrogen) atoms. The number of benzene rings is 5. The highest BCUT2D eigenvalue weighted by atomic mass is 19.1. The summed E-state index contributed by atoms with van der Waals surface area (Å²) in [4.78, 5) is 11.1. The molecule has 2 nitrogen and oxygen atoms in total. The molecule has 0 saturated carbocycles. The van der Waals surface area contributed by atoms with Crippen molar-refractivity contribution in [3.05, 3.63) is 132 Å². The van der Waals surface area contributed by atoms with E-state index in [9.17, 15) is 9.18 Å². The Bertz CT molecular complexity index is 1520. The number of rotatable bonds is 5. The Morgan fingerprint density at radius 3 is 1.85 bits per heavy atom. The standard InChI is InChI=1S/C31H21FO2/c32-30-20-25(31(33)34)15-14-24(30)13-11-21-12-16-28-26(22-7-3-1-4-8-22)17-18-27(29(28)19-21)23-9-5-2-6-10-23/h1-20H,(H,33,34)/b13-11+. The average Bonchev–Trinajstić information content (AvgIpc) is 2.88. The molecule has 5 aromatic rings. The number of carboxylic acids is 1. The zero-order valence-corrected chi connectivity index (χ0v) is 18.3. The molecule has 3 heteroatoms. The number of carboxylic acid groups (broad SMARTS) is 1. The maximum Gasteiger partial charge on any atom is 0.335 e. The fourth-order valence-corrected chi connectivity index (χ4v) is 4.19. The van der Waals surface area contributed by atoms with Gasteiger partial charge < -0.3 is 5.11 Å². The molecule has 0 radical (unpaired) electrons. The summed E-state index contributed by atoms with van der Waals surface area (Å²) in [6, 6.07) is 35.0. The van der Waals surface area contributed by atoms with Crippen LogP contribution in [0.15, 0.2) is 109 Å². The highest BCUT2D eigenvalue weighted by Gasteiger charge is 2.10. The minimum atomic E-state index is -1.15. The van der Waals surface area contributed by atoms with E-state index in [1.165, 1.54) is 12.1 Å². The van der Waals surface area contributed by atoms with Crippen molar-refractivity contribution in [2.75, 3.05) is 0 Å². The summed E-state index contributed by atoms with van der Waals surface area (Å²) in [5.41, 5.74) is 5.76. The molecule has 0 aliphatic heterocycles. The van der Waals surface area contributed by atoms with Crippen LogP contribution in [0.3, 0.4) is 0 Å². The van der Waals surface area contributed by atoms with Crippen LogP contribution < -0.4 is 0 Å². The summed E-state index contributed by atoms with van der Waals surface area (Å²) in [7, 11) is 0. The normalized spacial score (nSPS) is 11.2. The van der Waals surface area contributed by atoms with Crippen LogP contribution in [-0.2, 0) is 0 Å². The molecular weight excluding hydrogens is 423 g/mol. The fraction of sp³-hybridized carbons (Fsp3) is 0. The van der Waals surface area contributed by atoms with Gasteiger partial charge in [0.2, 0.25) is 0 Å². The van der Waals surface area contributed by atoms with Crippen LogP contribution in [0.1, 0.15) is 21.5 Å². The summed E-state index contributed by atoms with van der Waals surface area (Å²) in [6.45, 7) is 0. The third kappa shape index (κ3) is 4.24. The molecule has 0 aliphatic rings. The quantitative estimate of drug-likeness (QED) is 0.278. The third-order valence-corrected chi connectivity index (χ3v) is 5.91. The molecule has 0 amide bonds. The molecule has 164 valence electrons. The van der Waals surface area contributed by atoms with Crippen LogP contribution in [0.4, 0.5) is 4.39 Å². The summed E-state index contributed by atoms with van der Waals surface area (Å²) >= 11 is 0. The van der Waals surface area contributed by atoms with Crippen LogP contribution in [0, 0.1) is 5.82 Å². The summed E-state index contributed by atoms with van der Waals surface area (Å²) in [5, 5.41) is 11.3. The van der Waals surface area contributed by atoms with Gasteiger partial charge in [0.05, 0.1) is 5.56 Å². The predicted octanol–water partition coefficient (Wildman–Crippen LogP) is 8.18. The van der Waals surface area contributed by atoms with Crippen molar-refractivity contribution in [1.29, 1.82) is 0 Å². The fourth-order valence-electron chi connectivity index (χ4n) is 4.19. The first-order valence-electron chi connectivity index (χ1n) is 11.0. The second kappa shape index (κ2) is 9.16. The second-order valence-electron chi connectivity index (χ2n) is 8.07. The van der Waals surface area contributed by atoms with E-state index in [4.69, 9.17) is 5.11 Å². The van der Waals surface area contributed by atoms with Crippen molar-refractivity contribution in [2.45, 2.75) is 0 Å². The minimum Gasteiger partial charge on any atom is -0.478 e. The Labute approximate surface area is 197 Å². The van der Waals surface area contributed by atoms with Crippen molar-refractivity contribution in [3.63, 3.8) is 0 Å². The molecule has 5 rings (SSSR count). The highest BCUT2D eigenvalue weighted by Crippen LogP contribution is 2.36. The molecular formula is C31H21FO2. The van der Waals surface area contributed by atoms with E-state index < -0.39 is 11.8 Å². The van der Waals surface area contributed by atoms with Gasteiger partial charge in [-0.15, -0.1) is 0 Å². The van der Waals surface area contributed by atoms with Gasteiger partial charge in [0, 0.05) is 5.56 Å². The largest absolute Gasteiger partial charge is 0.478 e. The molecule has 0 atom stereocenters. The smallest absolute Gasteiger partial charge is 0.335 e. The molecule has 0 spiro atoms. The molecule has 0 heterocycles. The van der Waals surface area contributed by atoms with E-state index in [0.717, 1.165) is 44.7 Å². The maximum absolute atomic E-state index is 14.4. The van der Waals surface area contributed by atoms with Gasteiger partial charge in [0.15, 0.2) is 0 Å². The Hall–Kier alpha value is -4.50. The summed E-state index contributed by atoms with van der Waals surface area (Å²) in [6.07, 6.45) is 3.52. The summed E-state index contributed by atoms with van der Waals surface area (Å²) in [5.74, 6) is -1.71. The summed E-state index contributed by atoms with van der Waals surface area (Å²) < 4.78 is 14.4. The van der Waals surface area contributed by atoms with Gasteiger partial charge in [-0.05, 0) is 56.8 Å². The third-order valence-electron chi connectivity index (χ3n) is 5.91. The Balaban J connectivity index is 1.62. The van der Waals surface area contributed by atoms with Gasteiger partial charge in [-0.25, -0.2) is 9.18 Å². The van der Waals surface area contributed by atoms with Crippen LogP contribution in [0.5, 0.6) is 0 Å². The van der Waals surface area contributed by atoms with Gasteiger partial charge >= 0.3 is 5.97 Å². The van der Waals surface area contributed by atoms with Crippen LogP contribution in [0.2, 0.25) is 0 Å². The average molecular weight is 445 g/mol. The topological polar surface area (TPSA) is 37.3 Å². The van der Waals surface area contributed by atoms with Gasteiger partial charge in [-0.2, -0.15) is 0 Å². The molecule has 1 N–H and O–H groups in total. The first kappa shape index (κ1) is 21.4. The molecule has 0 aliphatic carbocycles. The molecule has 0 bridgehead atoms. The van der Waals surface area contributed by atoms with Crippen molar-refractivity contribution >= 4 is 28.9 Å². The number of fused-ring (bicyclic) bond motifs is 1. The van der Waals surface area contributed by atoms with Crippen molar-refractivity contribution in [3.8, 4) is 22.3 Å². The first-order chi connectivity index (χ1) is 16.6. The van der Waals surface area contributed by atoms with Gasteiger partial charge in [-0.1, -0.05) is 103 Å². The second-order valence-corrected chi connectivity index (χ2v) is 8.07. The Morgan fingerprint density at radius 1 is 0.647 bits per heavy atom. The lowest BCUT2D eigenvalue weighted by molar-refractivity contribution is 0.0696. The SMILES string of the molecule is O=C(O)c1ccc(/C=C/c2ccc3c(-c4ccccc4)ccc(-c4ccccc4)c3c2)c(F)c1. The molecule has 5 aromatic carbocycles. The van der Waals surface area contributed by atoms with Crippen LogP contribution in [-0.4, -0.2) is 11.1 Å². The van der Waals surface area contributed by atoms with Crippen LogP contribution in [0.25, 0.3) is 45.2 Å². The van der Waals surface area contributed by atoms with Gasteiger partial charge in [-0.3, -0.25) is 0 Å². The van der Waals surface area contributed by atoms with Crippen molar-refractivity contribution < 1.29 is 14.3 Å². The zero-order chi connectivity index (χ0) is 23.5. The van der Waals surface area contributed by atoms with E-state index in [0.29, 0.717) is 5.56 Å². The predicted molar refractivity (Wildman–Crippen MR) is 137 cm³/mol. The maximum atomic E-state index is 14.4. The number of aromatic carboxylic acids is 1. The van der Waals surface area contributed by atoms with Crippen LogP contribution >= 0.6 is 0 Å². The van der Waals surface area contributed by atoms with E-state index >= 15 is 0 Å². The number of hydrogen-bond donors (Lipinski definition) is 1. The lowest BCUT2D eigenvalue weighted by Gasteiger charge is -2.13. The molecule has 0 aromatic heterocycles. The zero-order valence-electron chi connectivity index (χ0n) is 18.3.